The molecule has 8 fully saturated rings. The lowest BCUT2D eigenvalue weighted by atomic mass is 9.42. The predicted molar refractivity (Wildman–Crippen MR) is 131 cm³/mol. The summed E-state index contributed by atoms with van der Waals surface area (Å²) in [4.78, 5) is 44.7. The summed E-state index contributed by atoms with van der Waals surface area (Å²) >= 11 is 0. The van der Waals surface area contributed by atoms with Gasteiger partial charge in [0.15, 0.2) is 0 Å². The second-order valence-electron chi connectivity index (χ2n) is 12.9. The SMILES string of the molecule is O=C1CC2(CCN(C(=O)c3cn4c(C(=O)NCC56CC7CC(C5)C75CC5C6)cccc4n3)CC2)CN1. The van der Waals surface area contributed by atoms with Gasteiger partial charge in [0.05, 0.1) is 0 Å². The van der Waals surface area contributed by atoms with Gasteiger partial charge in [0, 0.05) is 38.8 Å². The first-order chi connectivity index (χ1) is 17.4. The summed E-state index contributed by atoms with van der Waals surface area (Å²) in [7, 11) is 0. The Morgan fingerprint density at radius 3 is 2.58 bits per heavy atom. The number of fused-ring (bicyclic) bond motifs is 1. The standard InChI is InChI=1S/C28H33N5O3/c34-23-13-26(15-29-23)4-6-32(7-5-26)25(36)20-14-33-21(2-1-3-22(33)31-20)24(35)30-16-27-9-17-8-18(10-27)28(17)12-19(28)11-27/h1-3,14,17-19H,4-13,15-16H2,(H,29,34)(H,30,35). The molecule has 2 saturated heterocycles. The van der Waals surface area contributed by atoms with Gasteiger partial charge in [-0.15, -0.1) is 0 Å². The first kappa shape index (κ1) is 21.2. The molecule has 4 heterocycles. The smallest absolute Gasteiger partial charge is 0.274 e. The van der Waals surface area contributed by atoms with Crippen LogP contribution in [0.5, 0.6) is 0 Å². The number of nitrogens with one attached hydrogen (secondary N) is 2. The van der Waals surface area contributed by atoms with Crippen LogP contribution in [-0.4, -0.2) is 58.2 Å². The molecule has 2 aromatic heterocycles. The third-order valence-corrected chi connectivity index (χ3v) is 11.2. The van der Waals surface area contributed by atoms with Crippen LogP contribution in [0.3, 0.4) is 0 Å². The lowest BCUT2D eigenvalue weighted by Crippen LogP contribution is -2.58. The van der Waals surface area contributed by atoms with Crippen molar-refractivity contribution in [3.63, 3.8) is 0 Å². The van der Waals surface area contributed by atoms with Crippen molar-refractivity contribution in [3.8, 4) is 0 Å². The zero-order valence-electron chi connectivity index (χ0n) is 20.6. The van der Waals surface area contributed by atoms with E-state index < -0.39 is 0 Å². The lowest BCUT2D eigenvalue weighted by Gasteiger charge is -2.63. The van der Waals surface area contributed by atoms with Gasteiger partial charge in [0.1, 0.15) is 17.0 Å². The summed E-state index contributed by atoms with van der Waals surface area (Å²) in [5, 5.41) is 6.21. The Morgan fingerprint density at radius 2 is 1.86 bits per heavy atom. The zero-order valence-corrected chi connectivity index (χ0v) is 20.6. The molecule has 3 amide bonds. The fourth-order valence-electron chi connectivity index (χ4n) is 9.28. The number of likely N-dealkylation sites (tertiary alicyclic amines) is 1. The highest BCUT2D eigenvalue weighted by Crippen LogP contribution is 2.84. The Morgan fingerprint density at radius 1 is 1.08 bits per heavy atom. The fourth-order valence-corrected chi connectivity index (χ4v) is 9.28. The molecule has 6 saturated carbocycles. The van der Waals surface area contributed by atoms with Crippen molar-refractivity contribution in [3.05, 3.63) is 35.8 Å². The molecule has 4 bridgehead atoms. The van der Waals surface area contributed by atoms with E-state index in [9.17, 15) is 14.4 Å². The number of nitrogens with zero attached hydrogens (tertiary/aromatic N) is 3. The molecule has 0 aromatic carbocycles. The Labute approximate surface area is 210 Å². The van der Waals surface area contributed by atoms with E-state index >= 15 is 0 Å². The number of carbonyl (C=O) groups excluding carboxylic acids is 3. The van der Waals surface area contributed by atoms with Gasteiger partial charge >= 0.3 is 0 Å². The molecule has 3 unspecified atom stereocenters. The van der Waals surface area contributed by atoms with Crippen LogP contribution in [0.4, 0.5) is 0 Å². The molecule has 3 atom stereocenters. The summed E-state index contributed by atoms with van der Waals surface area (Å²) in [6, 6.07) is 5.50. The quantitative estimate of drug-likeness (QED) is 0.693. The molecule has 36 heavy (non-hydrogen) atoms. The molecule has 2 aliphatic heterocycles. The minimum atomic E-state index is -0.104. The molecule has 8 aliphatic rings. The average Bonchev–Trinajstić information content (AvgIpc) is 3.34. The Bertz CT molecular complexity index is 1310. The van der Waals surface area contributed by atoms with Crippen LogP contribution in [0, 0.1) is 34.0 Å². The number of carbonyl (C=O) groups is 3. The van der Waals surface area contributed by atoms with E-state index in [1.807, 2.05) is 23.1 Å². The maximum absolute atomic E-state index is 13.3. The van der Waals surface area contributed by atoms with Gasteiger partial charge in [0.25, 0.3) is 11.8 Å². The van der Waals surface area contributed by atoms with Crippen molar-refractivity contribution in [1.29, 1.82) is 0 Å². The van der Waals surface area contributed by atoms with Gasteiger partial charge in [-0.1, -0.05) is 6.07 Å². The van der Waals surface area contributed by atoms with E-state index in [0.29, 0.717) is 48.5 Å². The molecular weight excluding hydrogens is 454 g/mol. The topological polar surface area (TPSA) is 95.8 Å². The monoisotopic (exact) mass is 487 g/mol. The van der Waals surface area contributed by atoms with Gasteiger partial charge in [-0.05, 0) is 91.1 Å². The summed E-state index contributed by atoms with van der Waals surface area (Å²) in [5.41, 5.74) is 2.54. The largest absolute Gasteiger partial charge is 0.356 e. The van der Waals surface area contributed by atoms with E-state index in [2.05, 4.69) is 15.6 Å². The number of rotatable bonds is 4. The molecule has 188 valence electrons. The van der Waals surface area contributed by atoms with Gasteiger partial charge < -0.3 is 15.5 Å². The predicted octanol–water partition coefficient (Wildman–Crippen LogP) is 2.63. The number of amides is 3. The maximum atomic E-state index is 13.3. The van der Waals surface area contributed by atoms with Gasteiger partial charge in [-0.3, -0.25) is 18.8 Å². The molecule has 8 heteroatoms. The Kier molecular flexibility index (Phi) is 4.06. The highest BCUT2D eigenvalue weighted by molar-refractivity contribution is 5.95. The number of imidazole rings is 1. The van der Waals surface area contributed by atoms with Crippen LogP contribution < -0.4 is 10.6 Å². The summed E-state index contributed by atoms with van der Waals surface area (Å²) in [5.74, 6) is 2.66. The minimum absolute atomic E-state index is 0.00425. The number of aromatic nitrogens is 2. The van der Waals surface area contributed by atoms with Crippen molar-refractivity contribution < 1.29 is 14.4 Å². The van der Waals surface area contributed by atoms with Crippen molar-refractivity contribution in [2.45, 2.75) is 51.4 Å². The van der Waals surface area contributed by atoms with E-state index in [0.717, 1.165) is 42.6 Å². The lowest BCUT2D eigenvalue weighted by molar-refractivity contribution is -0.136. The van der Waals surface area contributed by atoms with Crippen molar-refractivity contribution in [1.82, 2.24) is 24.9 Å². The first-order valence-corrected chi connectivity index (χ1v) is 13.7. The number of piperidine rings is 1. The fraction of sp³-hybridized carbons (Fsp3) is 0.643. The van der Waals surface area contributed by atoms with E-state index in [-0.39, 0.29) is 23.1 Å². The number of hydrogen-bond acceptors (Lipinski definition) is 4. The molecule has 0 radical (unpaired) electrons. The van der Waals surface area contributed by atoms with Crippen LogP contribution in [0.2, 0.25) is 0 Å². The van der Waals surface area contributed by atoms with E-state index in [1.54, 1.807) is 10.6 Å². The minimum Gasteiger partial charge on any atom is -0.356 e. The summed E-state index contributed by atoms with van der Waals surface area (Å²) < 4.78 is 1.76. The van der Waals surface area contributed by atoms with Gasteiger partial charge in [0.2, 0.25) is 5.91 Å². The van der Waals surface area contributed by atoms with Gasteiger partial charge in [-0.2, -0.15) is 0 Å². The summed E-state index contributed by atoms with van der Waals surface area (Å²) in [6.07, 6.45) is 10.6. The van der Waals surface area contributed by atoms with E-state index in [4.69, 9.17) is 0 Å². The maximum Gasteiger partial charge on any atom is 0.274 e. The van der Waals surface area contributed by atoms with Crippen LogP contribution >= 0.6 is 0 Å². The molecule has 2 aromatic rings. The second kappa shape index (κ2) is 6.90. The van der Waals surface area contributed by atoms with Crippen LogP contribution in [0.25, 0.3) is 5.65 Å². The molecule has 2 spiro atoms. The summed E-state index contributed by atoms with van der Waals surface area (Å²) in [6.45, 7) is 2.72. The van der Waals surface area contributed by atoms with E-state index in [1.165, 1.54) is 32.1 Å². The molecular formula is C28H33N5O3. The zero-order chi connectivity index (χ0) is 24.3. The molecule has 6 aliphatic carbocycles. The van der Waals surface area contributed by atoms with Crippen LogP contribution in [0.1, 0.15) is 72.3 Å². The second-order valence-corrected chi connectivity index (χ2v) is 12.9. The Hall–Kier alpha value is -2.90. The van der Waals surface area contributed by atoms with Crippen LogP contribution in [0.15, 0.2) is 24.4 Å². The van der Waals surface area contributed by atoms with Crippen molar-refractivity contribution >= 4 is 23.4 Å². The normalized spacial score (nSPS) is 36.9. The average molecular weight is 488 g/mol. The highest BCUT2D eigenvalue weighted by Gasteiger charge is 2.77. The number of hydrogen-bond donors (Lipinski definition) is 2. The van der Waals surface area contributed by atoms with Crippen molar-refractivity contribution in [2.75, 3.05) is 26.2 Å². The third kappa shape index (κ3) is 2.81. The van der Waals surface area contributed by atoms with Gasteiger partial charge in [-0.25, -0.2) is 4.98 Å². The van der Waals surface area contributed by atoms with Crippen molar-refractivity contribution in [2.24, 2.45) is 34.0 Å². The van der Waals surface area contributed by atoms with Crippen LogP contribution in [-0.2, 0) is 4.79 Å². The first-order valence-electron chi connectivity index (χ1n) is 13.7. The third-order valence-electron chi connectivity index (χ3n) is 11.2. The Balaban J connectivity index is 0.971. The molecule has 8 nitrogen and oxygen atoms in total. The molecule has 2 N–H and O–H groups in total. The molecule has 10 rings (SSSR count). The highest BCUT2D eigenvalue weighted by atomic mass is 16.2. The number of pyridine rings is 1.